The zero-order chi connectivity index (χ0) is 39.6. The number of ether oxygens (including phenoxy) is 3. The van der Waals surface area contributed by atoms with Gasteiger partial charge in [-0.2, -0.15) is 9.97 Å². The molecule has 5 fully saturated rings. The number of esters is 1. The van der Waals surface area contributed by atoms with Gasteiger partial charge in [0.1, 0.15) is 41.4 Å². The van der Waals surface area contributed by atoms with Crippen molar-refractivity contribution in [3.05, 3.63) is 47.7 Å². The van der Waals surface area contributed by atoms with E-state index in [0.717, 1.165) is 45.1 Å². The van der Waals surface area contributed by atoms with E-state index in [-0.39, 0.29) is 75.4 Å². The van der Waals surface area contributed by atoms with Gasteiger partial charge in [0.15, 0.2) is 5.82 Å². The molecule has 15 heteroatoms. The number of piperazine rings is 1. The lowest BCUT2D eigenvalue weighted by atomic mass is 9.95. The standard InChI is InChI=1S/C42H43F3N6O6/c1-3-30-33(44)12-9-25-15-29(52)16-31(34(25)30)36-35(45)37-32(18-46-36)38(48-40(47-37)55-22-42-13-6-14-50(42)19-26(43)17-42)49-20-27-10-11-28(21-49)51(27)41(54)57-23(2)56-39(53)24-7-4-5-8-24/h1,9,12,15-16,18,23-24,26-28,52H,4-8,10-11,13-14,17,19-22H2,2H3/t23?,26-,27?,28?,42+/m1/s1. The number of hydrogen-bond donors (Lipinski definition) is 1. The topological polar surface area (TPSA) is 130 Å². The van der Waals surface area contributed by atoms with Crippen molar-refractivity contribution >= 4 is 39.6 Å². The maximum absolute atomic E-state index is 17.1. The van der Waals surface area contributed by atoms with Crippen molar-refractivity contribution in [3.63, 3.8) is 0 Å². The number of fused-ring (bicyclic) bond motifs is 5. The molecule has 1 aliphatic carbocycles. The Kier molecular flexibility index (Phi) is 9.50. The third-order valence-corrected chi connectivity index (χ3v) is 12.6. The Labute approximate surface area is 327 Å². The largest absolute Gasteiger partial charge is 0.508 e. The van der Waals surface area contributed by atoms with Gasteiger partial charge in [-0.25, -0.2) is 18.0 Å². The molecule has 4 aromatic rings. The molecule has 2 bridgehead atoms. The lowest BCUT2D eigenvalue weighted by molar-refractivity contribution is -0.171. The number of carbonyl (C=O) groups excluding carboxylic acids is 2. The second kappa shape index (κ2) is 14.5. The average Bonchev–Trinajstić information content (AvgIpc) is 3.97. The fourth-order valence-corrected chi connectivity index (χ4v) is 9.94. The molecule has 6 heterocycles. The van der Waals surface area contributed by atoms with Crippen LogP contribution in [0, 0.1) is 29.9 Å². The van der Waals surface area contributed by atoms with Crippen LogP contribution in [0.5, 0.6) is 11.8 Å². The molecule has 4 aliphatic heterocycles. The van der Waals surface area contributed by atoms with Crippen molar-refractivity contribution in [2.75, 3.05) is 37.7 Å². The van der Waals surface area contributed by atoms with Crippen LogP contribution in [0.3, 0.4) is 0 Å². The van der Waals surface area contributed by atoms with E-state index < -0.39 is 35.7 Å². The molecule has 2 aromatic heterocycles. The van der Waals surface area contributed by atoms with Gasteiger partial charge in [-0.15, -0.1) is 6.42 Å². The summed E-state index contributed by atoms with van der Waals surface area (Å²) < 4.78 is 64.1. The van der Waals surface area contributed by atoms with Crippen molar-refractivity contribution < 1.29 is 42.1 Å². The Balaban J connectivity index is 1.06. The number of alkyl halides is 1. The van der Waals surface area contributed by atoms with Crippen LogP contribution < -0.4 is 9.64 Å². The molecule has 12 nitrogen and oxygen atoms in total. The highest BCUT2D eigenvalue weighted by atomic mass is 19.1. The second-order valence-electron chi connectivity index (χ2n) is 16.1. The molecule has 9 rings (SSSR count). The van der Waals surface area contributed by atoms with Crippen molar-refractivity contribution in [1.82, 2.24) is 24.8 Å². The molecule has 0 radical (unpaired) electrons. The first-order valence-electron chi connectivity index (χ1n) is 19.8. The molecule has 5 atom stereocenters. The molecule has 1 amide bonds. The SMILES string of the molecule is C#Cc1c(F)ccc2cc(O)cc(-c3ncc4c(N5CC6CCC(C5)N6C(=O)OC(C)OC(=O)C5CCCC5)nc(OC[C@@]56CCCN5C[C@H](F)C6)nc4c3F)c12. The number of terminal acetylenes is 1. The first-order chi connectivity index (χ1) is 27.5. The first-order valence-corrected chi connectivity index (χ1v) is 19.8. The van der Waals surface area contributed by atoms with Gasteiger partial charge in [-0.1, -0.05) is 24.8 Å². The number of rotatable bonds is 8. The highest BCUT2D eigenvalue weighted by Crippen LogP contribution is 2.43. The number of aromatic nitrogens is 3. The van der Waals surface area contributed by atoms with Gasteiger partial charge in [-0.05, 0) is 68.7 Å². The number of phenolic OH excluding ortho intramolecular Hbond substituents is 1. The predicted octanol–water partition coefficient (Wildman–Crippen LogP) is 6.63. The van der Waals surface area contributed by atoms with Crippen LogP contribution in [0.2, 0.25) is 0 Å². The first kappa shape index (κ1) is 37.2. The van der Waals surface area contributed by atoms with Crippen molar-refractivity contribution in [1.29, 1.82) is 0 Å². The van der Waals surface area contributed by atoms with Gasteiger partial charge in [0, 0.05) is 50.1 Å². The number of anilines is 1. The lowest BCUT2D eigenvalue weighted by Gasteiger charge is -2.41. The maximum Gasteiger partial charge on any atom is 0.413 e. The summed E-state index contributed by atoms with van der Waals surface area (Å²) in [5.41, 5.74) is -0.893. The Morgan fingerprint density at radius 3 is 2.58 bits per heavy atom. The maximum atomic E-state index is 17.1. The summed E-state index contributed by atoms with van der Waals surface area (Å²) in [5, 5.41) is 11.5. The third-order valence-electron chi connectivity index (χ3n) is 12.6. The van der Waals surface area contributed by atoms with Crippen LogP contribution in [0.15, 0.2) is 30.5 Å². The molecule has 4 saturated heterocycles. The molecule has 57 heavy (non-hydrogen) atoms. The van der Waals surface area contributed by atoms with E-state index in [1.54, 1.807) is 11.8 Å². The van der Waals surface area contributed by atoms with Crippen LogP contribution in [0.1, 0.15) is 70.3 Å². The van der Waals surface area contributed by atoms with E-state index in [4.69, 9.17) is 25.6 Å². The Bertz CT molecular complexity index is 2300. The Morgan fingerprint density at radius 2 is 1.82 bits per heavy atom. The van der Waals surface area contributed by atoms with Crippen LogP contribution in [0.4, 0.5) is 23.8 Å². The van der Waals surface area contributed by atoms with Crippen molar-refractivity contribution in [2.45, 2.75) is 94.8 Å². The summed E-state index contributed by atoms with van der Waals surface area (Å²) >= 11 is 0. The number of phenols is 1. The van der Waals surface area contributed by atoms with Gasteiger partial charge in [0.05, 0.1) is 34.5 Å². The van der Waals surface area contributed by atoms with Gasteiger partial charge in [0.2, 0.25) is 6.29 Å². The molecule has 1 N–H and O–H groups in total. The number of nitrogens with zero attached hydrogens (tertiary/aromatic N) is 6. The van der Waals surface area contributed by atoms with E-state index in [1.807, 2.05) is 4.90 Å². The number of hydrogen-bond acceptors (Lipinski definition) is 11. The number of halogens is 3. The highest BCUT2D eigenvalue weighted by Gasteiger charge is 2.50. The summed E-state index contributed by atoms with van der Waals surface area (Å²) in [6.07, 6.45) is 11.4. The summed E-state index contributed by atoms with van der Waals surface area (Å²) in [6.45, 7) is 3.37. The van der Waals surface area contributed by atoms with Crippen LogP contribution in [-0.2, 0) is 14.3 Å². The number of amides is 1. The molecule has 2 aromatic carbocycles. The lowest BCUT2D eigenvalue weighted by Crippen LogP contribution is -2.56. The normalized spacial score (nSPS) is 25.2. The van der Waals surface area contributed by atoms with Crippen molar-refractivity contribution in [2.24, 2.45) is 5.92 Å². The van der Waals surface area contributed by atoms with E-state index in [9.17, 15) is 23.5 Å². The number of pyridine rings is 1. The Morgan fingerprint density at radius 1 is 1.05 bits per heavy atom. The second-order valence-corrected chi connectivity index (χ2v) is 16.1. The molecule has 3 unspecified atom stereocenters. The molecule has 5 aliphatic rings. The summed E-state index contributed by atoms with van der Waals surface area (Å²) in [6, 6.07) is 4.64. The molecule has 0 spiro atoms. The zero-order valence-corrected chi connectivity index (χ0v) is 31.6. The summed E-state index contributed by atoms with van der Waals surface area (Å²) in [5.74, 6) is 0.430. The molecular formula is C42H43F3N6O6. The minimum atomic E-state index is -1.04. The van der Waals surface area contributed by atoms with E-state index in [0.29, 0.717) is 50.1 Å². The highest BCUT2D eigenvalue weighted by molar-refractivity contribution is 6.03. The van der Waals surface area contributed by atoms with Crippen molar-refractivity contribution in [3.8, 4) is 35.4 Å². The smallest absolute Gasteiger partial charge is 0.413 e. The molecular weight excluding hydrogens is 741 g/mol. The number of aromatic hydroxyl groups is 1. The fraction of sp³-hybridized carbons (Fsp3) is 0.500. The van der Waals surface area contributed by atoms with Crippen LogP contribution >= 0.6 is 0 Å². The minimum Gasteiger partial charge on any atom is -0.508 e. The molecule has 1 saturated carbocycles. The quantitative estimate of drug-likeness (QED) is 0.117. The van der Waals surface area contributed by atoms with Crippen LogP contribution in [-0.4, -0.2) is 105 Å². The zero-order valence-electron chi connectivity index (χ0n) is 31.6. The van der Waals surface area contributed by atoms with Gasteiger partial charge < -0.3 is 24.2 Å². The number of carbonyl (C=O) groups is 2. The van der Waals surface area contributed by atoms with Gasteiger partial charge >= 0.3 is 18.1 Å². The van der Waals surface area contributed by atoms with Crippen LogP contribution in [0.25, 0.3) is 32.9 Å². The van der Waals surface area contributed by atoms with Gasteiger partial charge in [0.25, 0.3) is 0 Å². The molecule has 298 valence electrons. The van der Waals surface area contributed by atoms with E-state index >= 15 is 4.39 Å². The number of benzene rings is 2. The summed E-state index contributed by atoms with van der Waals surface area (Å²) in [4.78, 5) is 45.7. The van der Waals surface area contributed by atoms with E-state index in [1.165, 1.54) is 30.5 Å². The average molecular weight is 785 g/mol. The Hall–Kier alpha value is -5.36. The fourth-order valence-electron chi connectivity index (χ4n) is 9.94. The van der Waals surface area contributed by atoms with Gasteiger partial charge in [-0.3, -0.25) is 19.6 Å². The predicted molar refractivity (Wildman–Crippen MR) is 203 cm³/mol. The minimum absolute atomic E-state index is 0.0771. The summed E-state index contributed by atoms with van der Waals surface area (Å²) in [7, 11) is 0. The monoisotopic (exact) mass is 784 g/mol. The van der Waals surface area contributed by atoms with E-state index in [2.05, 4.69) is 20.8 Å². The third kappa shape index (κ3) is 6.61.